The Morgan fingerprint density at radius 3 is 2.80 bits per heavy atom. The van der Waals surface area contributed by atoms with Crippen molar-refractivity contribution in [2.24, 2.45) is 5.41 Å². The van der Waals surface area contributed by atoms with E-state index >= 15 is 0 Å². The highest BCUT2D eigenvalue weighted by atomic mass is 32.1. The van der Waals surface area contributed by atoms with Gasteiger partial charge in [-0.25, -0.2) is 0 Å². The van der Waals surface area contributed by atoms with Crippen LogP contribution in [0.3, 0.4) is 0 Å². The normalized spacial score (nSPS) is 23.8. The zero-order valence-corrected chi connectivity index (χ0v) is 9.94. The molecule has 2 fully saturated rings. The molecule has 0 amide bonds. The highest BCUT2D eigenvalue weighted by Crippen LogP contribution is 2.44. The zero-order chi connectivity index (χ0) is 10.5. The Kier molecular flexibility index (Phi) is 2.03. The van der Waals surface area contributed by atoms with E-state index in [9.17, 15) is 0 Å². The van der Waals surface area contributed by atoms with Crippen LogP contribution in [0.4, 0.5) is 0 Å². The van der Waals surface area contributed by atoms with Gasteiger partial charge in [0.25, 0.3) is 0 Å². The van der Waals surface area contributed by atoms with Gasteiger partial charge in [-0.1, -0.05) is 13.3 Å². The SMILES string of the molecule is CC1(Cn2c(C3CC3)n[nH]c2=S)CCC1. The largest absolute Gasteiger partial charge is 0.303 e. The van der Waals surface area contributed by atoms with Gasteiger partial charge < -0.3 is 4.57 Å². The lowest BCUT2D eigenvalue weighted by molar-refractivity contribution is 0.130. The first-order valence-corrected chi connectivity index (χ1v) is 6.24. The third-order valence-electron chi connectivity index (χ3n) is 3.83. The fourth-order valence-electron chi connectivity index (χ4n) is 2.46. The summed E-state index contributed by atoms with van der Waals surface area (Å²) < 4.78 is 3.05. The van der Waals surface area contributed by atoms with E-state index in [1.54, 1.807) is 0 Å². The average Bonchev–Trinajstić information content (AvgIpc) is 2.93. The molecule has 0 aromatic carbocycles. The second kappa shape index (κ2) is 3.17. The Morgan fingerprint density at radius 2 is 2.27 bits per heavy atom. The van der Waals surface area contributed by atoms with E-state index in [1.165, 1.54) is 37.9 Å². The van der Waals surface area contributed by atoms with Crippen molar-refractivity contribution in [3.8, 4) is 0 Å². The number of nitrogens with one attached hydrogen (secondary N) is 1. The van der Waals surface area contributed by atoms with E-state index in [1.807, 2.05) is 0 Å². The van der Waals surface area contributed by atoms with Crippen LogP contribution in [-0.2, 0) is 6.54 Å². The van der Waals surface area contributed by atoms with Gasteiger partial charge in [-0.3, -0.25) is 5.10 Å². The summed E-state index contributed by atoms with van der Waals surface area (Å²) in [6.07, 6.45) is 6.63. The van der Waals surface area contributed by atoms with Crippen LogP contribution in [0, 0.1) is 10.2 Å². The molecule has 1 aromatic heterocycles. The number of hydrogen-bond acceptors (Lipinski definition) is 2. The molecule has 0 radical (unpaired) electrons. The van der Waals surface area contributed by atoms with Crippen molar-refractivity contribution < 1.29 is 0 Å². The molecule has 4 heteroatoms. The molecule has 0 spiro atoms. The molecule has 0 saturated heterocycles. The Morgan fingerprint density at radius 1 is 1.53 bits per heavy atom. The molecule has 0 atom stereocenters. The van der Waals surface area contributed by atoms with Crippen molar-refractivity contribution in [2.45, 2.75) is 51.5 Å². The minimum atomic E-state index is 0.478. The van der Waals surface area contributed by atoms with Crippen molar-refractivity contribution in [2.75, 3.05) is 0 Å². The number of rotatable bonds is 3. The van der Waals surface area contributed by atoms with Gasteiger partial charge in [0.2, 0.25) is 0 Å². The van der Waals surface area contributed by atoms with Crippen LogP contribution in [0.25, 0.3) is 0 Å². The molecule has 0 aliphatic heterocycles. The van der Waals surface area contributed by atoms with E-state index in [-0.39, 0.29) is 0 Å². The molecule has 3 nitrogen and oxygen atoms in total. The maximum atomic E-state index is 5.30. The quantitative estimate of drug-likeness (QED) is 0.799. The van der Waals surface area contributed by atoms with Crippen molar-refractivity contribution in [3.63, 3.8) is 0 Å². The number of aromatic amines is 1. The number of hydrogen-bond donors (Lipinski definition) is 1. The van der Waals surface area contributed by atoms with E-state index in [0.717, 1.165) is 11.3 Å². The molecular weight excluding hydrogens is 206 g/mol. The molecule has 1 aromatic rings. The summed E-state index contributed by atoms with van der Waals surface area (Å²) in [5, 5.41) is 7.31. The van der Waals surface area contributed by atoms with Gasteiger partial charge in [-0.15, -0.1) is 0 Å². The number of nitrogens with zero attached hydrogens (tertiary/aromatic N) is 2. The third kappa shape index (κ3) is 1.65. The number of aromatic nitrogens is 3. The molecule has 2 aliphatic rings. The van der Waals surface area contributed by atoms with E-state index < -0.39 is 0 Å². The molecule has 2 saturated carbocycles. The molecule has 0 unspecified atom stereocenters. The second-order valence-electron chi connectivity index (χ2n) is 5.41. The lowest BCUT2D eigenvalue weighted by atomic mass is 9.70. The van der Waals surface area contributed by atoms with Crippen molar-refractivity contribution >= 4 is 12.2 Å². The lowest BCUT2D eigenvalue weighted by Gasteiger charge is -2.38. The topological polar surface area (TPSA) is 33.6 Å². The van der Waals surface area contributed by atoms with Crippen molar-refractivity contribution in [1.29, 1.82) is 0 Å². The van der Waals surface area contributed by atoms with Gasteiger partial charge in [0.15, 0.2) is 4.77 Å². The minimum Gasteiger partial charge on any atom is -0.303 e. The molecule has 1 heterocycles. The molecule has 1 N–H and O–H groups in total. The van der Waals surface area contributed by atoms with Gasteiger partial charge in [0, 0.05) is 12.5 Å². The van der Waals surface area contributed by atoms with Crippen LogP contribution in [0.5, 0.6) is 0 Å². The molecule has 15 heavy (non-hydrogen) atoms. The predicted molar refractivity (Wildman–Crippen MR) is 61.3 cm³/mol. The van der Waals surface area contributed by atoms with Gasteiger partial charge in [0.1, 0.15) is 5.82 Å². The van der Waals surface area contributed by atoms with Crippen LogP contribution >= 0.6 is 12.2 Å². The summed E-state index contributed by atoms with van der Waals surface area (Å²) in [6.45, 7) is 3.43. The maximum absolute atomic E-state index is 5.30. The molecule has 82 valence electrons. The Labute approximate surface area is 94.9 Å². The Hall–Kier alpha value is -0.640. The summed E-state index contributed by atoms with van der Waals surface area (Å²) in [5.74, 6) is 1.88. The monoisotopic (exact) mass is 223 g/mol. The fraction of sp³-hybridized carbons (Fsp3) is 0.818. The van der Waals surface area contributed by atoms with Crippen LogP contribution in [-0.4, -0.2) is 14.8 Å². The first kappa shape index (κ1) is 9.58. The Bertz CT molecular complexity index is 423. The predicted octanol–water partition coefficient (Wildman–Crippen LogP) is 3.01. The van der Waals surface area contributed by atoms with Gasteiger partial charge in [-0.2, -0.15) is 5.10 Å². The highest BCUT2D eigenvalue weighted by Gasteiger charge is 2.35. The van der Waals surface area contributed by atoms with Gasteiger partial charge in [0.05, 0.1) is 0 Å². The van der Waals surface area contributed by atoms with Gasteiger partial charge >= 0.3 is 0 Å². The molecule has 0 bridgehead atoms. The first-order chi connectivity index (χ1) is 7.18. The van der Waals surface area contributed by atoms with Crippen LogP contribution in [0.2, 0.25) is 0 Å². The Balaban J connectivity index is 1.89. The molecule has 3 rings (SSSR count). The summed E-state index contributed by atoms with van der Waals surface area (Å²) in [5.41, 5.74) is 0.478. The standard InChI is InChI=1S/C11H17N3S/c1-11(5-2-6-11)7-14-9(8-3-4-8)12-13-10(14)15/h8H,2-7H2,1H3,(H,13,15). The fourth-order valence-corrected chi connectivity index (χ4v) is 2.66. The smallest absolute Gasteiger partial charge is 0.195 e. The highest BCUT2D eigenvalue weighted by molar-refractivity contribution is 7.71. The van der Waals surface area contributed by atoms with E-state index in [4.69, 9.17) is 12.2 Å². The third-order valence-corrected chi connectivity index (χ3v) is 4.14. The average molecular weight is 223 g/mol. The van der Waals surface area contributed by atoms with E-state index in [0.29, 0.717) is 11.3 Å². The van der Waals surface area contributed by atoms with Crippen LogP contribution in [0.15, 0.2) is 0 Å². The molecular formula is C11H17N3S. The second-order valence-corrected chi connectivity index (χ2v) is 5.80. The lowest BCUT2D eigenvalue weighted by Crippen LogP contribution is -2.31. The van der Waals surface area contributed by atoms with Crippen LogP contribution < -0.4 is 0 Å². The zero-order valence-electron chi connectivity index (χ0n) is 9.12. The molecule has 2 aliphatic carbocycles. The maximum Gasteiger partial charge on any atom is 0.195 e. The number of H-pyrrole nitrogens is 1. The summed E-state index contributed by atoms with van der Waals surface area (Å²) in [7, 11) is 0. The van der Waals surface area contributed by atoms with Crippen molar-refractivity contribution in [1.82, 2.24) is 14.8 Å². The summed E-state index contributed by atoms with van der Waals surface area (Å²) in [6, 6.07) is 0. The first-order valence-electron chi connectivity index (χ1n) is 5.83. The summed E-state index contributed by atoms with van der Waals surface area (Å²) >= 11 is 5.30. The van der Waals surface area contributed by atoms with Crippen molar-refractivity contribution in [3.05, 3.63) is 10.6 Å². The van der Waals surface area contributed by atoms with Gasteiger partial charge in [-0.05, 0) is 43.3 Å². The van der Waals surface area contributed by atoms with Crippen LogP contribution in [0.1, 0.15) is 50.8 Å². The van der Waals surface area contributed by atoms with E-state index in [2.05, 4.69) is 21.7 Å². The summed E-state index contributed by atoms with van der Waals surface area (Å²) in [4.78, 5) is 0. The minimum absolute atomic E-state index is 0.478.